The van der Waals surface area contributed by atoms with Crippen LogP contribution in [0.15, 0.2) is 24.3 Å². The SMILES string of the molecule is CNCC1CCN(C(C)c2ccc(C(C)C)cc2)C1. The van der Waals surface area contributed by atoms with Crippen LogP contribution in [0.4, 0.5) is 0 Å². The third-order valence-corrected chi connectivity index (χ3v) is 4.44. The van der Waals surface area contributed by atoms with Crippen LogP contribution in [0.3, 0.4) is 0 Å². The number of hydrogen-bond acceptors (Lipinski definition) is 2. The summed E-state index contributed by atoms with van der Waals surface area (Å²) < 4.78 is 0. The van der Waals surface area contributed by atoms with E-state index in [9.17, 15) is 0 Å². The predicted molar refractivity (Wildman–Crippen MR) is 82.6 cm³/mol. The quantitative estimate of drug-likeness (QED) is 0.873. The zero-order chi connectivity index (χ0) is 13.8. The Kier molecular flexibility index (Phi) is 5.00. The molecule has 2 heteroatoms. The summed E-state index contributed by atoms with van der Waals surface area (Å²) in [5.74, 6) is 1.44. The van der Waals surface area contributed by atoms with Gasteiger partial charge in [0.05, 0.1) is 0 Å². The van der Waals surface area contributed by atoms with Gasteiger partial charge >= 0.3 is 0 Å². The van der Waals surface area contributed by atoms with E-state index >= 15 is 0 Å². The molecule has 0 aliphatic carbocycles. The summed E-state index contributed by atoms with van der Waals surface area (Å²) in [5, 5.41) is 3.30. The molecular weight excluding hydrogens is 232 g/mol. The van der Waals surface area contributed by atoms with Crippen LogP contribution < -0.4 is 5.32 Å². The highest BCUT2D eigenvalue weighted by Crippen LogP contribution is 2.28. The minimum absolute atomic E-state index is 0.545. The first kappa shape index (κ1) is 14.5. The number of benzene rings is 1. The Balaban J connectivity index is 1.98. The number of nitrogens with zero attached hydrogens (tertiary/aromatic N) is 1. The molecule has 0 amide bonds. The first-order valence-electron chi connectivity index (χ1n) is 7.60. The van der Waals surface area contributed by atoms with Crippen LogP contribution in [0.5, 0.6) is 0 Å². The second-order valence-corrected chi connectivity index (χ2v) is 6.20. The van der Waals surface area contributed by atoms with Gasteiger partial charge in [-0.25, -0.2) is 0 Å². The van der Waals surface area contributed by atoms with E-state index in [4.69, 9.17) is 0 Å². The largest absolute Gasteiger partial charge is 0.319 e. The molecule has 1 heterocycles. The Bertz CT molecular complexity index is 383. The van der Waals surface area contributed by atoms with Crippen molar-refractivity contribution in [2.24, 2.45) is 5.92 Å². The average molecular weight is 260 g/mol. The van der Waals surface area contributed by atoms with Gasteiger partial charge in [-0.15, -0.1) is 0 Å². The maximum absolute atomic E-state index is 3.30. The lowest BCUT2D eigenvalue weighted by molar-refractivity contribution is 0.252. The maximum atomic E-state index is 3.30. The van der Waals surface area contributed by atoms with Gasteiger partial charge in [-0.3, -0.25) is 4.90 Å². The molecule has 19 heavy (non-hydrogen) atoms. The van der Waals surface area contributed by atoms with Crippen molar-refractivity contribution in [2.75, 3.05) is 26.7 Å². The fraction of sp³-hybridized carbons (Fsp3) is 0.647. The van der Waals surface area contributed by atoms with Crippen LogP contribution in [-0.4, -0.2) is 31.6 Å². The summed E-state index contributed by atoms with van der Waals surface area (Å²) in [6.45, 7) is 10.5. The van der Waals surface area contributed by atoms with Gasteiger partial charge in [-0.1, -0.05) is 38.1 Å². The molecule has 2 unspecified atom stereocenters. The minimum atomic E-state index is 0.545. The lowest BCUT2D eigenvalue weighted by Crippen LogP contribution is -2.27. The molecule has 1 N–H and O–H groups in total. The zero-order valence-electron chi connectivity index (χ0n) is 12.8. The molecule has 0 radical (unpaired) electrons. The van der Waals surface area contributed by atoms with Crippen molar-refractivity contribution in [3.8, 4) is 0 Å². The van der Waals surface area contributed by atoms with Crippen LogP contribution >= 0.6 is 0 Å². The highest BCUT2D eigenvalue weighted by Gasteiger charge is 2.26. The standard InChI is InChI=1S/C17H28N2/c1-13(2)16-5-7-17(8-6-16)14(3)19-10-9-15(12-19)11-18-4/h5-8,13-15,18H,9-12H2,1-4H3. The smallest absolute Gasteiger partial charge is 0.0320 e. The highest BCUT2D eigenvalue weighted by molar-refractivity contribution is 5.26. The Morgan fingerprint density at radius 3 is 2.37 bits per heavy atom. The number of nitrogens with one attached hydrogen (secondary N) is 1. The predicted octanol–water partition coefficient (Wildman–Crippen LogP) is 3.41. The van der Waals surface area contributed by atoms with E-state index in [-0.39, 0.29) is 0 Å². The highest BCUT2D eigenvalue weighted by atomic mass is 15.2. The van der Waals surface area contributed by atoms with Gasteiger partial charge in [0.1, 0.15) is 0 Å². The lowest BCUT2D eigenvalue weighted by atomic mass is 9.99. The van der Waals surface area contributed by atoms with Crippen LogP contribution in [-0.2, 0) is 0 Å². The maximum Gasteiger partial charge on any atom is 0.0320 e. The van der Waals surface area contributed by atoms with Gasteiger partial charge in [0, 0.05) is 12.6 Å². The second-order valence-electron chi connectivity index (χ2n) is 6.20. The van der Waals surface area contributed by atoms with Gasteiger partial charge < -0.3 is 5.32 Å². The van der Waals surface area contributed by atoms with Crippen LogP contribution in [0.1, 0.15) is 50.3 Å². The van der Waals surface area contributed by atoms with Crippen LogP contribution in [0, 0.1) is 5.92 Å². The molecular formula is C17H28N2. The summed E-state index contributed by atoms with van der Waals surface area (Å²) in [6.07, 6.45) is 1.33. The van der Waals surface area contributed by atoms with Crippen molar-refractivity contribution in [2.45, 2.75) is 39.2 Å². The van der Waals surface area contributed by atoms with Gasteiger partial charge in [0.15, 0.2) is 0 Å². The minimum Gasteiger partial charge on any atom is -0.319 e. The molecule has 0 spiro atoms. The Morgan fingerprint density at radius 1 is 1.16 bits per heavy atom. The molecule has 1 saturated heterocycles. The summed E-state index contributed by atoms with van der Waals surface area (Å²) in [4.78, 5) is 2.62. The lowest BCUT2D eigenvalue weighted by Gasteiger charge is -2.25. The van der Waals surface area contributed by atoms with Crippen molar-refractivity contribution >= 4 is 0 Å². The first-order chi connectivity index (χ1) is 9.11. The third kappa shape index (κ3) is 3.58. The topological polar surface area (TPSA) is 15.3 Å². The number of rotatable bonds is 5. The summed E-state index contributed by atoms with van der Waals surface area (Å²) in [6, 6.07) is 9.75. The zero-order valence-corrected chi connectivity index (χ0v) is 12.8. The molecule has 0 bridgehead atoms. The first-order valence-corrected chi connectivity index (χ1v) is 7.60. The molecule has 0 saturated carbocycles. The van der Waals surface area contributed by atoms with Gasteiger partial charge in [0.25, 0.3) is 0 Å². The van der Waals surface area contributed by atoms with E-state index in [0.717, 1.165) is 12.5 Å². The summed E-state index contributed by atoms with van der Waals surface area (Å²) >= 11 is 0. The average Bonchev–Trinajstić information content (AvgIpc) is 2.87. The van der Waals surface area contributed by atoms with Gasteiger partial charge in [0.2, 0.25) is 0 Å². The van der Waals surface area contributed by atoms with Crippen molar-refractivity contribution in [3.63, 3.8) is 0 Å². The van der Waals surface area contributed by atoms with Crippen molar-refractivity contribution in [1.82, 2.24) is 10.2 Å². The summed E-state index contributed by atoms with van der Waals surface area (Å²) in [7, 11) is 2.05. The van der Waals surface area contributed by atoms with E-state index in [2.05, 4.69) is 62.3 Å². The fourth-order valence-electron chi connectivity index (χ4n) is 3.04. The molecule has 1 aliphatic heterocycles. The summed E-state index contributed by atoms with van der Waals surface area (Å²) in [5.41, 5.74) is 2.89. The van der Waals surface area contributed by atoms with Crippen molar-refractivity contribution in [3.05, 3.63) is 35.4 Å². The van der Waals surface area contributed by atoms with Crippen LogP contribution in [0.2, 0.25) is 0 Å². The van der Waals surface area contributed by atoms with Gasteiger partial charge in [-0.05, 0) is 56.4 Å². The molecule has 0 aromatic heterocycles. The number of likely N-dealkylation sites (tertiary alicyclic amines) is 1. The fourth-order valence-corrected chi connectivity index (χ4v) is 3.04. The normalized spacial score (nSPS) is 22.1. The van der Waals surface area contributed by atoms with E-state index in [0.29, 0.717) is 12.0 Å². The van der Waals surface area contributed by atoms with Crippen LogP contribution in [0.25, 0.3) is 0 Å². The van der Waals surface area contributed by atoms with E-state index in [1.165, 1.54) is 30.6 Å². The molecule has 2 rings (SSSR count). The molecule has 2 atom stereocenters. The molecule has 1 aromatic rings. The van der Waals surface area contributed by atoms with E-state index < -0.39 is 0 Å². The monoisotopic (exact) mass is 260 g/mol. The Hall–Kier alpha value is -0.860. The second kappa shape index (κ2) is 6.53. The number of hydrogen-bond donors (Lipinski definition) is 1. The molecule has 2 nitrogen and oxygen atoms in total. The Morgan fingerprint density at radius 2 is 1.79 bits per heavy atom. The molecule has 1 aromatic carbocycles. The van der Waals surface area contributed by atoms with E-state index in [1.54, 1.807) is 0 Å². The van der Waals surface area contributed by atoms with Crippen molar-refractivity contribution in [1.29, 1.82) is 0 Å². The molecule has 1 aliphatic rings. The van der Waals surface area contributed by atoms with Crippen molar-refractivity contribution < 1.29 is 0 Å². The molecule has 106 valence electrons. The molecule has 1 fully saturated rings. The Labute approximate surface area is 118 Å². The van der Waals surface area contributed by atoms with Gasteiger partial charge in [-0.2, -0.15) is 0 Å². The van der Waals surface area contributed by atoms with E-state index in [1.807, 2.05) is 0 Å². The third-order valence-electron chi connectivity index (χ3n) is 4.44.